The number of benzene rings is 1. The molecule has 4 heterocycles. The number of hydrogen-bond acceptors (Lipinski definition) is 9. The monoisotopic (exact) mass is 593 g/mol. The van der Waals surface area contributed by atoms with E-state index in [-0.39, 0.29) is 47.0 Å². The van der Waals surface area contributed by atoms with E-state index in [1.54, 1.807) is 18.3 Å². The van der Waals surface area contributed by atoms with Crippen LogP contribution in [0.15, 0.2) is 64.8 Å². The highest BCUT2D eigenvalue weighted by Crippen LogP contribution is 2.36. The molecule has 1 aromatic carbocycles. The van der Waals surface area contributed by atoms with Crippen LogP contribution in [-0.2, 0) is 10.0 Å². The second kappa shape index (κ2) is 11.0. The fourth-order valence-electron chi connectivity index (χ4n) is 4.45. The lowest BCUT2D eigenvalue weighted by molar-refractivity contribution is -0.0328. The molecule has 212 valence electrons. The van der Waals surface area contributed by atoms with Crippen LogP contribution in [0, 0.1) is 0 Å². The van der Waals surface area contributed by atoms with Crippen LogP contribution in [0.2, 0.25) is 0 Å². The standard InChI is InChI=1S/C25H26F3N7O3S2/c1-15(2)24-33-32-23-12-29-20(13-35(23)24)16-3-6-18(7-4-16)40(37,38)34-10-9-19(21(36)14-34)31-22-8-5-17(11-30-22)39-25(26,27)28/h3-8,11-13,15,19,21,36H,9-10,14H2,1-2H3,(H,30,31)/t19-,21+/m1/s1. The lowest BCUT2D eigenvalue weighted by Gasteiger charge is -2.35. The summed E-state index contributed by atoms with van der Waals surface area (Å²) in [5, 5.41) is 22.0. The minimum Gasteiger partial charge on any atom is -0.390 e. The number of thioether (sulfide) groups is 1. The minimum atomic E-state index is -4.41. The number of anilines is 1. The average molecular weight is 594 g/mol. The molecule has 5 rings (SSSR count). The molecule has 4 aromatic rings. The molecule has 0 unspecified atom stereocenters. The number of aliphatic hydroxyl groups is 1. The first-order chi connectivity index (χ1) is 18.9. The molecule has 2 atom stereocenters. The van der Waals surface area contributed by atoms with Crippen LogP contribution in [-0.4, -0.2) is 73.1 Å². The fourth-order valence-corrected chi connectivity index (χ4v) is 6.43. The number of pyridine rings is 1. The Balaban J connectivity index is 1.25. The van der Waals surface area contributed by atoms with Crippen molar-refractivity contribution in [2.45, 2.75) is 53.6 Å². The van der Waals surface area contributed by atoms with Gasteiger partial charge in [0.25, 0.3) is 0 Å². The van der Waals surface area contributed by atoms with Gasteiger partial charge >= 0.3 is 5.51 Å². The first kappa shape index (κ1) is 28.3. The lowest BCUT2D eigenvalue weighted by Crippen LogP contribution is -2.51. The SMILES string of the molecule is CC(C)c1nnc2cnc(-c3ccc(S(=O)(=O)N4CC[C@@H](Nc5ccc(SC(F)(F)F)cn5)[C@@H](O)C4)cc3)cn12. The minimum absolute atomic E-state index is 0.0547. The molecular weight excluding hydrogens is 567 g/mol. The highest BCUT2D eigenvalue weighted by molar-refractivity contribution is 8.00. The summed E-state index contributed by atoms with van der Waals surface area (Å²) in [6, 6.07) is 8.53. The number of rotatable bonds is 7. The van der Waals surface area contributed by atoms with Crippen molar-refractivity contribution < 1.29 is 26.7 Å². The summed E-state index contributed by atoms with van der Waals surface area (Å²) in [7, 11) is -3.88. The molecule has 2 N–H and O–H groups in total. The topological polar surface area (TPSA) is 126 Å². The van der Waals surface area contributed by atoms with Gasteiger partial charge in [-0.25, -0.2) is 13.4 Å². The Morgan fingerprint density at radius 2 is 1.82 bits per heavy atom. The summed E-state index contributed by atoms with van der Waals surface area (Å²) in [6.45, 7) is 4.03. The van der Waals surface area contributed by atoms with Gasteiger partial charge in [0.2, 0.25) is 10.0 Å². The molecule has 1 aliphatic rings. The number of piperidine rings is 1. The fraction of sp³-hybridized carbons (Fsp3) is 0.360. The summed E-state index contributed by atoms with van der Waals surface area (Å²) in [6.07, 6.45) is 3.76. The van der Waals surface area contributed by atoms with Gasteiger partial charge in [-0.3, -0.25) is 9.38 Å². The lowest BCUT2D eigenvalue weighted by atomic mass is 10.0. The number of β-amino-alcohol motifs (C(OH)–C–C–N with tert-alkyl or cyclic N) is 1. The Bertz CT molecular complexity index is 1590. The van der Waals surface area contributed by atoms with E-state index in [1.165, 1.54) is 28.6 Å². The average Bonchev–Trinajstić information content (AvgIpc) is 3.34. The van der Waals surface area contributed by atoms with Crippen LogP contribution in [0.4, 0.5) is 19.0 Å². The van der Waals surface area contributed by atoms with Gasteiger partial charge in [0.1, 0.15) is 11.6 Å². The maximum atomic E-state index is 13.3. The number of nitrogens with zero attached hydrogens (tertiary/aromatic N) is 6. The van der Waals surface area contributed by atoms with Gasteiger partial charge in [0.15, 0.2) is 5.65 Å². The van der Waals surface area contributed by atoms with Crippen LogP contribution in [0.3, 0.4) is 0 Å². The molecule has 0 radical (unpaired) electrons. The number of fused-ring (bicyclic) bond motifs is 1. The van der Waals surface area contributed by atoms with Crippen LogP contribution < -0.4 is 5.32 Å². The normalized spacial score (nSPS) is 18.9. The Morgan fingerprint density at radius 1 is 1.07 bits per heavy atom. The number of aliphatic hydroxyl groups excluding tert-OH is 1. The van der Waals surface area contributed by atoms with E-state index in [0.717, 1.165) is 17.6 Å². The van der Waals surface area contributed by atoms with Crippen molar-refractivity contribution in [3.05, 3.63) is 60.8 Å². The predicted molar refractivity (Wildman–Crippen MR) is 143 cm³/mol. The Hall–Kier alpha value is -3.27. The quantitative estimate of drug-likeness (QED) is 0.304. The molecule has 10 nitrogen and oxygen atoms in total. The highest BCUT2D eigenvalue weighted by Gasteiger charge is 2.35. The van der Waals surface area contributed by atoms with Gasteiger partial charge in [-0.1, -0.05) is 26.0 Å². The molecule has 40 heavy (non-hydrogen) atoms. The molecule has 1 aliphatic heterocycles. The number of halogens is 3. The second-order valence-corrected chi connectivity index (χ2v) is 12.7. The van der Waals surface area contributed by atoms with Crippen LogP contribution in [0.5, 0.6) is 0 Å². The number of nitrogens with one attached hydrogen (secondary N) is 1. The summed E-state index contributed by atoms with van der Waals surface area (Å²) < 4.78 is 67.3. The molecule has 0 bridgehead atoms. The molecular formula is C25H26F3N7O3S2. The Labute approximate surface area is 232 Å². The first-order valence-corrected chi connectivity index (χ1v) is 14.6. The highest BCUT2D eigenvalue weighted by atomic mass is 32.2. The third kappa shape index (κ3) is 6.06. The predicted octanol–water partition coefficient (Wildman–Crippen LogP) is 4.16. The molecule has 0 amide bonds. The van der Waals surface area contributed by atoms with Gasteiger partial charge in [-0.2, -0.15) is 17.5 Å². The number of sulfonamides is 1. The molecule has 0 aliphatic carbocycles. The number of aromatic nitrogens is 5. The van der Waals surface area contributed by atoms with Crippen LogP contribution >= 0.6 is 11.8 Å². The maximum absolute atomic E-state index is 13.3. The molecule has 1 saturated heterocycles. The van der Waals surface area contributed by atoms with Crippen LogP contribution in [0.25, 0.3) is 16.9 Å². The summed E-state index contributed by atoms with van der Waals surface area (Å²) in [5.41, 5.74) is -2.43. The molecule has 15 heteroatoms. The van der Waals surface area contributed by atoms with Crippen molar-refractivity contribution in [1.29, 1.82) is 0 Å². The van der Waals surface area contributed by atoms with Gasteiger partial charge in [-0.05, 0) is 42.4 Å². The summed E-state index contributed by atoms with van der Waals surface area (Å²) >= 11 is -0.264. The molecule has 1 fully saturated rings. The van der Waals surface area contributed by atoms with Crippen molar-refractivity contribution in [1.82, 2.24) is 28.9 Å². The largest absolute Gasteiger partial charge is 0.446 e. The summed E-state index contributed by atoms with van der Waals surface area (Å²) in [5.74, 6) is 1.25. The smallest absolute Gasteiger partial charge is 0.390 e. The zero-order chi connectivity index (χ0) is 28.7. The van der Waals surface area contributed by atoms with Crippen molar-refractivity contribution in [2.75, 3.05) is 18.4 Å². The van der Waals surface area contributed by atoms with Gasteiger partial charge in [0.05, 0.1) is 28.9 Å². The van der Waals surface area contributed by atoms with Crippen molar-refractivity contribution in [2.24, 2.45) is 0 Å². The zero-order valence-electron chi connectivity index (χ0n) is 21.4. The Morgan fingerprint density at radius 3 is 2.45 bits per heavy atom. The van der Waals surface area contributed by atoms with E-state index in [0.29, 0.717) is 17.2 Å². The van der Waals surface area contributed by atoms with Gasteiger partial charge in [0, 0.05) is 41.9 Å². The Kier molecular flexibility index (Phi) is 7.74. The van der Waals surface area contributed by atoms with Crippen molar-refractivity contribution in [3.63, 3.8) is 0 Å². The van der Waals surface area contributed by atoms with Crippen molar-refractivity contribution in [3.8, 4) is 11.3 Å². The maximum Gasteiger partial charge on any atom is 0.446 e. The summed E-state index contributed by atoms with van der Waals surface area (Å²) in [4.78, 5) is 8.43. The van der Waals surface area contributed by atoms with E-state index in [2.05, 4.69) is 25.5 Å². The third-order valence-corrected chi connectivity index (χ3v) is 9.06. The third-order valence-electron chi connectivity index (χ3n) is 6.47. The molecule has 3 aromatic heterocycles. The molecule has 0 spiro atoms. The van der Waals surface area contributed by atoms with Gasteiger partial charge < -0.3 is 10.4 Å². The van der Waals surface area contributed by atoms with E-state index < -0.39 is 27.7 Å². The van der Waals surface area contributed by atoms with E-state index in [4.69, 9.17) is 0 Å². The van der Waals surface area contributed by atoms with E-state index in [9.17, 15) is 26.7 Å². The first-order valence-electron chi connectivity index (χ1n) is 12.4. The second-order valence-electron chi connectivity index (χ2n) is 9.63. The van der Waals surface area contributed by atoms with E-state index in [1.807, 2.05) is 24.4 Å². The number of hydrogen-bond donors (Lipinski definition) is 2. The number of alkyl halides is 3. The molecule has 0 saturated carbocycles. The van der Waals surface area contributed by atoms with E-state index >= 15 is 0 Å². The van der Waals surface area contributed by atoms with Gasteiger partial charge in [-0.15, -0.1) is 10.2 Å². The zero-order valence-corrected chi connectivity index (χ0v) is 23.1. The van der Waals surface area contributed by atoms with Crippen molar-refractivity contribution >= 4 is 33.3 Å². The van der Waals surface area contributed by atoms with Crippen LogP contribution in [0.1, 0.15) is 32.0 Å².